The van der Waals surface area contributed by atoms with Gasteiger partial charge in [-0.1, -0.05) is 18.2 Å². The monoisotopic (exact) mass is 404 g/mol. The first-order valence-corrected chi connectivity index (χ1v) is 9.97. The molecule has 1 saturated heterocycles. The molecule has 3 heterocycles. The summed E-state index contributed by atoms with van der Waals surface area (Å²) in [4.78, 5) is 6.46. The van der Waals surface area contributed by atoms with E-state index in [0.29, 0.717) is 30.9 Å². The van der Waals surface area contributed by atoms with Gasteiger partial charge < -0.3 is 19.3 Å². The Morgan fingerprint density at radius 1 is 1.17 bits per heavy atom. The molecule has 0 unspecified atom stereocenters. The lowest BCUT2D eigenvalue weighted by Crippen LogP contribution is -2.36. The van der Waals surface area contributed by atoms with Gasteiger partial charge in [0.1, 0.15) is 11.4 Å². The number of aliphatic hydroxyl groups is 1. The standard InChI is InChI=1S/C23H21FN4O2/c24-20-11-16(13-25)1-6-19(20)21-12-23(29,22-14-26-15-28(21)22)17-2-4-18(5-3-17)27-7-9-30-10-8-27/h1-6,11,14-15,21,29H,7-10,12H2/t21-,23+/m1/s1. The van der Waals surface area contributed by atoms with Crippen molar-refractivity contribution in [1.29, 1.82) is 5.26 Å². The molecule has 5 rings (SSSR count). The molecule has 1 N–H and O–H groups in total. The average Bonchev–Trinajstić information content (AvgIpc) is 3.38. The number of hydrogen-bond donors (Lipinski definition) is 1. The topological polar surface area (TPSA) is 74.3 Å². The van der Waals surface area contributed by atoms with Crippen LogP contribution in [0.25, 0.3) is 0 Å². The molecule has 0 bridgehead atoms. The molecule has 0 saturated carbocycles. The van der Waals surface area contributed by atoms with Crippen LogP contribution in [0.5, 0.6) is 0 Å². The summed E-state index contributed by atoms with van der Waals surface area (Å²) in [5.74, 6) is -0.453. The Labute approximate surface area is 173 Å². The quantitative estimate of drug-likeness (QED) is 0.727. The maximum absolute atomic E-state index is 14.7. The van der Waals surface area contributed by atoms with Crippen molar-refractivity contribution >= 4 is 5.69 Å². The van der Waals surface area contributed by atoms with Crippen molar-refractivity contribution < 1.29 is 14.2 Å². The molecule has 2 aliphatic rings. The van der Waals surface area contributed by atoms with Gasteiger partial charge in [-0.2, -0.15) is 5.26 Å². The Bertz CT molecular complexity index is 1110. The number of nitrogens with zero attached hydrogens (tertiary/aromatic N) is 4. The first kappa shape index (κ1) is 18.8. The highest BCUT2D eigenvalue weighted by atomic mass is 19.1. The van der Waals surface area contributed by atoms with Crippen LogP contribution < -0.4 is 4.90 Å². The SMILES string of the molecule is N#Cc1ccc([C@H]2C[C@](O)(c3ccc(N4CCOCC4)cc3)c3cncn32)c(F)c1. The van der Waals surface area contributed by atoms with Crippen molar-refractivity contribution in [2.24, 2.45) is 0 Å². The van der Waals surface area contributed by atoms with E-state index >= 15 is 0 Å². The molecule has 2 aromatic carbocycles. The Kier molecular flexibility index (Phi) is 4.54. The largest absolute Gasteiger partial charge is 0.379 e. The van der Waals surface area contributed by atoms with E-state index in [4.69, 9.17) is 10.00 Å². The molecular formula is C23H21FN4O2. The Morgan fingerprint density at radius 3 is 2.63 bits per heavy atom. The summed E-state index contributed by atoms with van der Waals surface area (Å²) in [5, 5.41) is 20.7. The number of nitriles is 1. The Morgan fingerprint density at radius 2 is 1.93 bits per heavy atom. The van der Waals surface area contributed by atoms with Gasteiger partial charge in [0.2, 0.25) is 0 Å². The maximum Gasteiger partial charge on any atom is 0.133 e. The van der Waals surface area contributed by atoms with Crippen LogP contribution in [-0.4, -0.2) is 41.0 Å². The van der Waals surface area contributed by atoms with Crippen LogP contribution in [0, 0.1) is 17.1 Å². The number of morpholine rings is 1. The van der Waals surface area contributed by atoms with Crippen molar-refractivity contribution in [3.8, 4) is 6.07 Å². The number of fused-ring (bicyclic) bond motifs is 1. The van der Waals surface area contributed by atoms with E-state index < -0.39 is 17.5 Å². The van der Waals surface area contributed by atoms with E-state index in [0.717, 1.165) is 24.3 Å². The number of anilines is 1. The number of ether oxygens (including phenoxy) is 1. The van der Waals surface area contributed by atoms with Crippen molar-refractivity contribution in [3.05, 3.63) is 83.2 Å². The third kappa shape index (κ3) is 2.96. The third-order valence-electron chi connectivity index (χ3n) is 6.12. The summed E-state index contributed by atoms with van der Waals surface area (Å²) in [6, 6.07) is 13.9. The van der Waals surface area contributed by atoms with E-state index in [1.54, 1.807) is 24.7 Å². The highest BCUT2D eigenvalue weighted by Crippen LogP contribution is 2.47. The van der Waals surface area contributed by atoms with Gasteiger partial charge in [-0.25, -0.2) is 9.37 Å². The minimum atomic E-state index is -1.27. The van der Waals surface area contributed by atoms with Crippen LogP contribution in [0.3, 0.4) is 0 Å². The molecule has 1 fully saturated rings. The summed E-state index contributed by atoms with van der Waals surface area (Å²) in [6.07, 6.45) is 3.56. The van der Waals surface area contributed by atoms with Crippen LogP contribution in [0.4, 0.5) is 10.1 Å². The highest BCUT2D eigenvalue weighted by molar-refractivity contribution is 5.50. The zero-order valence-electron chi connectivity index (χ0n) is 16.3. The molecule has 6 nitrogen and oxygen atoms in total. The molecule has 7 heteroatoms. The van der Waals surface area contributed by atoms with Gasteiger partial charge in [0.25, 0.3) is 0 Å². The van der Waals surface area contributed by atoms with E-state index in [9.17, 15) is 9.50 Å². The van der Waals surface area contributed by atoms with Crippen molar-refractivity contribution in [3.63, 3.8) is 0 Å². The van der Waals surface area contributed by atoms with Crippen LogP contribution in [0.1, 0.15) is 34.8 Å². The minimum Gasteiger partial charge on any atom is -0.379 e. The molecular weight excluding hydrogens is 383 g/mol. The Balaban J connectivity index is 1.48. The zero-order chi connectivity index (χ0) is 20.7. The fourth-order valence-electron chi connectivity index (χ4n) is 4.52. The lowest BCUT2D eigenvalue weighted by atomic mass is 9.86. The van der Waals surface area contributed by atoms with Crippen LogP contribution in [-0.2, 0) is 10.3 Å². The van der Waals surface area contributed by atoms with Gasteiger partial charge in [0, 0.05) is 30.8 Å². The average molecular weight is 404 g/mol. The molecule has 2 atom stereocenters. The molecule has 3 aromatic rings. The smallest absolute Gasteiger partial charge is 0.133 e. The van der Waals surface area contributed by atoms with E-state index in [-0.39, 0.29) is 5.56 Å². The molecule has 1 aromatic heterocycles. The summed E-state index contributed by atoms with van der Waals surface area (Å²) < 4.78 is 22.0. The van der Waals surface area contributed by atoms with Gasteiger partial charge in [-0.05, 0) is 29.8 Å². The number of benzene rings is 2. The molecule has 30 heavy (non-hydrogen) atoms. The van der Waals surface area contributed by atoms with Gasteiger partial charge in [0.05, 0.1) is 49.1 Å². The van der Waals surface area contributed by atoms with Gasteiger partial charge in [-0.3, -0.25) is 0 Å². The molecule has 152 valence electrons. The van der Waals surface area contributed by atoms with Gasteiger partial charge in [-0.15, -0.1) is 0 Å². The first-order valence-electron chi connectivity index (χ1n) is 9.97. The minimum absolute atomic E-state index is 0.272. The first-order chi connectivity index (χ1) is 14.6. The van der Waals surface area contributed by atoms with Crippen molar-refractivity contribution in [2.75, 3.05) is 31.2 Å². The number of imidazole rings is 1. The molecule has 0 spiro atoms. The summed E-state index contributed by atoms with van der Waals surface area (Å²) in [5.41, 5.74) is 1.91. The normalized spacial score (nSPS) is 23.2. The summed E-state index contributed by atoms with van der Waals surface area (Å²) in [7, 11) is 0. The van der Waals surface area contributed by atoms with Crippen molar-refractivity contribution in [2.45, 2.75) is 18.1 Å². The predicted octanol–water partition coefficient (Wildman–Crippen LogP) is 2.96. The second-order valence-corrected chi connectivity index (χ2v) is 7.76. The van der Waals surface area contributed by atoms with Crippen LogP contribution in [0.15, 0.2) is 55.0 Å². The number of rotatable bonds is 3. The van der Waals surface area contributed by atoms with E-state index in [2.05, 4.69) is 9.88 Å². The van der Waals surface area contributed by atoms with Crippen molar-refractivity contribution in [1.82, 2.24) is 9.55 Å². The number of hydrogen-bond acceptors (Lipinski definition) is 5. The maximum atomic E-state index is 14.7. The molecule has 0 radical (unpaired) electrons. The second-order valence-electron chi connectivity index (χ2n) is 7.76. The molecule has 0 aliphatic carbocycles. The second kappa shape index (κ2) is 7.24. The lowest BCUT2D eigenvalue weighted by molar-refractivity contribution is 0.0792. The summed E-state index contributed by atoms with van der Waals surface area (Å²) in [6.45, 7) is 3.11. The van der Waals surface area contributed by atoms with Crippen LogP contribution in [0.2, 0.25) is 0 Å². The van der Waals surface area contributed by atoms with E-state index in [1.165, 1.54) is 6.07 Å². The lowest BCUT2D eigenvalue weighted by Gasteiger charge is -2.30. The Hall–Kier alpha value is -3.21. The number of aromatic nitrogens is 2. The summed E-state index contributed by atoms with van der Waals surface area (Å²) >= 11 is 0. The fraction of sp³-hybridized carbons (Fsp3) is 0.304. The van der Waals surface area contributed by atoms with Crippen LogP contribution >= 0.6 is 0 Å². The number of halogens is 1. The fourth-order valence-corrected chi connectivity index (χ4v) is 4.52. The van der Waals surface area contributed by atoms with Gasteiger partial charge in [0.15, 0.2) is 0 Å². The zero-order valence-corrected chi connectivity index (χ0v) is 16.3. The molecule has 0 amide bonds. The third-order valence-corrected chi connectivity index (χ3v) is 6.12. The van der Waals surface area contributed by atoms with E-state index in [1.807, 2.05) is 34.9 Å². The highest BCUT2D eigenvalue weighted by Gasteiger charge is 2.45. The predicted molar refractivity (Wildman–Crippen MR) is 109 cm³/mol. The molecule has 2 aliphatic heterocycles. The van der Waals surface area contributed by atoms with Gasteiger partial charge >= 0.3 is 0 Å².